The van der Waals surface area contributed by atoms with Crippen LogP contribution in [0.15, 0.2) is 111 Å². The van der Waals surface area contributed by atoms with Crippen LogP contribution in [0.25, 0.3) is 28.5 Å². The fourth-order valence-electron chi connectivity index (χ4n) is 5.85. The molecule has 3 aromatic heterocycles. The van der Waals surface area contributed by atoms with Crippen LogP contribution in [-0.4, -0.2) is 65.4 Å². The Kier molecular flexibility index (Phi) is 10.1. The van der Waals surface area contributed by atoms with Crippen molar-refractivity contribution in [3.63, 3.8) is 0 Å². The number of aromatic nitrogens is 6. The van der Waals surface area contributed by atoms with Crippen molar-refractivity contribution in [2.75, 3.05) is 24.2 Å². The molecule has 4 heterocycles. The SMILES string of the molecule is CCc1ccc(-n2c(SCC(=O)Nc3ccc(C(=O)N4CCC(c5nc(-c6ccccc6Br)no5)CC4)cc3)nnc2-c2ccncc2)cc1. The maximum atomic E-state index is 13.3. The first-order chi connectivity index (χ1) is 24.5. The zero-order valence-corrected chi connectivity index (χ0v) is 29.6. The lowest BCUT2D eigenvalue weighted by atomic mass is 9.96. The van der Waals surface area contributed by atoms with Crippen LogP contribution < -0.4 is 5.32 Å². The van der Waals surface area contributed by atoms with Crippen molar-refractivity contribution >= 4 is 45.2 Å². The second-order valence-electron chi connectivity index (χ2n) is 11.8. The Labute approximate surface area is 301 Å². The average molecular weight is 750 g/mol. The van der Waals surface area contributed by atoms with E-state index in [2.05, 4.69) is 65.6 Å². The molecule has 1 aliphatic heterocycles. The molecule has 50 heavy (non-hydrogen) atoms. The number of likely N-dealkylation sites (tertiary alicyclic amines) is 1. The highest BCUT2D eigenvalue weighted by Crippen LogP contribution is 2.32. The van der Waals surface area contributed by atoms with Crippen molar-refractivity contribution in [3.8, 4) is 28.5 Å². The summed E-state index contributed by atoms with van der Waals surface area (Å²) >= 11 is 4.85. The van der Waals surface area contributed by atoms with Crippen molar-refractivity contribution in [2.24, 2.45) is 0 Å². The quantitative estimate of drug-likeness (QED) is 0.142. The second kappa shape index (κ2) is 15.2. The van der Waals surface area contributed by atoms with Crippen LogP contribution in [0.3, 0.4) is 0 Å². The number of nitrogens with zero attached hydrogens (tertiary/aromatic N) is 7. The van der Waals surface area contributed by atoms with Gasteiger partial charge in [0.15, 0.2) is 11.0 Å². The lowest BCUT2D eigenvalue weighted by Crippen LogP contribution is -2.38. The number of thioether (sulfide) groups is 1. The first-order valence-electron chi connectivity index (χ1n) is 16.3. The molecule has 1 fully saturated rings. The first kappa shape index (κ1) is 33.4. The molecule has 13 heteroatoms. The molecule has 1 N–H and O–H groups in total. The minimum Gasteiger partial charge on any atom is -0.339 e. The van der Waals surface area contributed by atoms with Gasteiger partial charge >= 0.3 is 0 Å². The third-order valence-corrected chi connectivity index (χ3v) is 10.2. The first-order valence-corrected chi connectivity index (χ1v) is 18.1. The van der Waals surface area contributed by atoms with Gasteiger partial charge in [-0.05, 0) is 85.5 Å². The molecule has 1 saturated heterocycles. The van der Waals surface area contributed by atoms with Crippen LogP contribution in [-0.2, 0) is 11.2 Å². The molecule has 1 aliphatic rings. The van der Waals surface area contributed by atoms with Crippen LogP contribution in [0, 0.1) is 0 Å². The highest BCUT2D eigenvalue weighted by atomic mass is 79.9. The summed E-state index contributed by atoms with van der Waals surface area (Å²) < 4.78 is 8.47. The summed E-state index contributed by atoms with van der Waals surface area (Å²) in [6.45, 7) is 3.29. The molecule has 0 spiro atoms. The van der Waals surface area contributed by atoms with Gasteiger partial charge < -0.3 is 14.7 Å². The van der Waals surface area contributed by atoms with E-state index in [-0.39, 0.29) is 23.5 Å². The van der Waals surface area contributed by atoms with Gasteiger partial charge in [0.25, 0.3) is 5.91 Å². The molecular weight excluding hydrogens is 716 g/mol. The molecule has 0 bridgehead atoms. The van der Waals surface area contributed by atoms with E-state index in [0.717, 1.165) is 40.5 Å². The van der Waals surface area contributed by atoms with Crippen LogP contribution in [0.4, 0.5) is 5.69 Å². The number of carbonyl (C=O) groups excluding carboxylic acids is 2. The molecule has 0 atom stereocenters. The molecule has 3 aromatic carbocycles. The van der Waals surface area contributed by atoms with Gasteiger partial charge in [0.1, 0.15) is 0 Å². The van der Waals surface area contributed by atoms with E-state index in [9.17, 15) is 9.59 Å². The number of hydrogen-bond acceptors (Lipinski definition) is 9. The Morgan fingerprint density at radius 2 is 1.68 bits per heavy atom. The predicted octanol–water partition coefficient (Wildman–Crippen LogP) is 7.45. The normalized spacial score (nSPS) is 13.4. The molecule has 0 saturated carbocycles. The van der Waals surface area contributed by atoms with Crippen molar-refractivity contribution < 1.29 is 14.1 Å². The van der Waals surface area contributed by atoms with Crippen molar-refractivity contribution in [1.82, 2.24) is 34.8 Å². The number of hydrogen-bond donors (Lipinski definition) is 1. The second-order valence-corrected chi connectivity index (χ2v) is 13.6. The Balaban J connectivity index is 0.943. The van der Waals surface area contributed by atoms with Crippen LogP contribution in [0.2, 0.25) is 0 Å². The fraction of sp³-hybridized carbons (Fsp3) is 0.216. The van der Waals surface area contributed by atoms with E-state index in [1.54, 1.807) is 36.7 Å². The summed E-state index contributed by atoms with van der Waals surface area (Å²) in [5.74, 6) is 1.80. The fourth-order valence-corrected chi connectivity index (χ4v) is 7.07. The molecule has 0 unspecified atom stereocenters. The molecule has 0 aliphatic carbocycles. The summed E-state index contributed by atoms with van der Waals surface area (Å²) in [5.41, 5.74) is 5.06. The third-order valence-electron chi connectivity index (χ3n) is 8.61. The molecule has 252 valence electrons. The summed E-state index contributed by atoms with van der Waals surface area (Å²) in [6, 6.07) is 26.8. The summed E-state index contributed by atoms with van der Waals surface area (Å²) in [4.78, 5) is 36.9. The molecule has 7 rings (SSSR count). The summed E-state index contributed by atoms with van der Waals surface area (Å²) in [7, 11) is 0. The zero-order chi connectivity index (χ0) is 34.5. The van der Waals surface area contributed by atoms with Gasteiger partial charge in [-0.2, -0.15) is 4.98 Å². The Morgan fingerprint density at radius 3 is 2.40 bits per heavy atom. The number of amides is 2. The minimum atomic E-state index is -0.193. The highest BCUT2D eigenvalue weighted by Gasteiger charge is 2.28. The largest absolute Gasteiger partial charge is 0.339 e. The smallest absolute Gasteiger partial charge is 0.253 e. The number of nitrogens with one attached hydrogen (secondary N) is 1. The standard InChI is InChI=1S/C37H33BrN8O3S/c1-2-24-7-13-29(14-8-24)46-34(25-15-19-39-20-16-25)42-43-37(46)50-23-32(47)40-28-11-9-27(10-12-28)36(48)45-21-17-26(18-22-45)35-41-33(44-49-35)30-5-3-4-6-31(30)38/h3-16,19-20,26H,2,17-18,21-23H2,1H3,(H,40,47). The maximum Gasteiger partial charge on any atom is 0.253 e. The predicted molar refractivity (Wildman–Crippen MR) is 195 cm³/mol. The van der Waals surface area contributed by atoms with Crippen molar-refractivity contribution in [3.05, 3.63) is 119 Å². The number of piperidine rings is 1. The number of aryl methyl sites for hydroxylation is 1. The average Bonchev–Trinajstić information content (AvgIpc) is 3.83. The van der Waals surface area contributed by atoms with E-state index in [4.69, 9.17) is 4.52 Å². The van der Waals surface area contributed by atoms with Crippen molar-refractivity contribution in [2.45, 2.75) is 37.3 Å². The highest BCUT2D eigenvalue weighted by molar-refractivity contribution is 9.10. The number of anilines is 1. The molecule has 6 aromatic rings. The van der Waals surface area contributed by atoms with E-state index in [1.807, 2.05) is 58.0 Å². The lowest BCUT2D eigenvalue weighted by molar-refractivity contribution is -0.113. The van der Waals surface area contributed by atoms with Gasteiger partial charge in [0.2, 0.25) is 17.6 Å². The van der Waals surface area contributed by atoms with E-state index < -0.39 is 0 Å². The topological polar surface area (TPSA) is 132 Å². The summed E-state index contributed by atoms with van der Waals surface area (Å²) in [5, 5.41) is 16.6. The monoisotopic (exact) mass is 748 g/mol. The van der Waals surface area contributed by atoms with Gasteiger partial charge in [-0.3, -0.25) is 19.1 Å². The number of benzene rings is 3. The van der Waals surface area contributed by atoms with Gasteiger partial charge in [0.05, 0.1) is 5.75 Å². The Hall–Kier alpha value is -5.14. The van der Waals surface area contributed by atoms with E-state index >= 15 is 0 Å². The van der Waals surface area contributed by atoms with Gasteiger partial charge in [-0.15, -0.1) is 10.2 Å². The Morgan fingerprint density at radius 1 is 0.940 bits per heavy atom. The Bertz CT molecular complexity index is 2090. The van der Waals surface area contributed by atoms with E-state index in [0.29, 0.717) is 47.0 Å². The number of rotatable bonds is 10. The number of halogens is 1. The molecular formula is C37H33BrN8O3S. The lowest BCUT2D eigenvalue weighted by Gasteiger charge is -2.30. The van der Waals surface area contributed by atoms with Gasteiger partial charge in [0, 0.05) is 63.9 Å². The summed E-state index contributed by atoms with van der Waals surface area (Å²) in [6.07, 6.45) is 5.84. The number of carbonyl (C=O) groups is 2. The van der Waals surface area contributed by atoms with E-state index in [1.165, 1.54) is 17.3 Å². The third kappa shape index (κ3) is 7.38. The molecule has 11 nitrogen and oxygen atoms in total. The van der Waals surface area contributed by atoms with Gasteiger partial charge in [-0.1, -0.05) is 64.0 Å². The van der Waals surface area contributed by atoms with Crippen LogP contribution >= 0.6 is 27.7 Å². The zero-order valence-electron chi connectivity index (χ0n) is 27.2. The van der Waals surface area contributed by atoms with Gasteiger partial charge in [-0.25, -0.2) is 0 Å². The number of pyridine rings is 1. The molecule has 2 amide bonds. The van der Waals surface area contributed by atoms with Crippen LogP contribution in [0.1, 0.15) is 47.5 Å². The van der Waals surface area contributed by atoms with Crippen molar-refractivity contribution in [1.29, 1.82) is 0 Å². The minimum absolute atomic E-state index is 0.0485. The maximum absolute atomic E-state index is 13.3. The molecule has 0 radical (unpaired) electrons. The van der Waals surface area contributed by atoms with Crippen LogP contribution in [0.5, 0.6) is 0 Å².